The first-order valence-corrected chi connectivity index (χ1v) is 12.9. The van der Waals surface area contributed by atoms with Crippen molar-refractivity contribution in [2.24, 2.45) is 0 Å². The second kappa shape index (κ2) is 13.4. The van der Waals surface area contributed by atoms with Crippen LogP contribution in [0.3, 0.4) is 0 Å². The van der Waals surface area contributed by atoms with Crippen LogP contribution in [-0.2, 0) is 25.7 Å². The predicted molar refractivity (Wildman–Crippen MR) is 139 cm³/mol. The summed E-state index contributed by atoms with van der Waals surface area (Å²) in [6.07, 6.45) is 12.4. The van der Waals surface area contributed by atoms with Crippen LogP contribution in [0, 0.1) is 0 Å². The summed E-state index contributed by atoms with van der Waals surface area (Å²) in [6.45, 7) is 8.77. The molecule has 0 fully saturated rings. The van der Waals surface area contributed by atoms with Crippen molar-refractivity contribution in [3.8, 4) is 11.5 Å². The molecule has 0 aliphatic rings. The monoisotopic (exact) mass is 439 g/mol. The van der Waals surface area contributed by atoms with Gasteiger partial charge in [0.1, 0.15) is 11.5 Å². The number of hydrogen-bond acceptors (Lipinski definition) is 3. The molecule has 0 aromatic heterocycles. The molecule has 3 heteroatoms. The summed E-state index contributed by atoms with van der Waals surface area (Å²) >= 11 is 0. The first kappa shape index (κ1) is 26.1. The topological polar surface area (TPSA) is 43.7 Å². The molecular weight excluding hydrogens is 394 g/mol. The van der Waals surface area contributed by atoms with E-state index in [1.54, 1.807) is 0 Å². The normalized spacial score (nSPS) is 11.2. The predicted octanol–water partition coefficient (Wildman–Crippen LogP) is 8.24. The van der Waals surface area contributed by atoms with Crippen molar-refractivity contribution in [2.45, 2.75) is 105 Å². The third-order valence-electron chi connectivity index (χ3n) is 6.48. The van der Waals surface area contributed by atoms with Crippen LogP contribution in [0.25, 0.3) is 0 Å². The summed E-state index contributed by atoms with van der Waals surface area (Å²) in [6, 6.07) is 8.63. The van der Waals surface area contributed by atoms with Gasteiger partial charge in [0.2, 0.25) is 0 Å². The molecule has 2 rings (SSSR count). The number of phenolic OH excluding ortho intramolecular Hbond substituents is 2. The molecule has 0 saturated carbocycles. The van der Waals surface area contributed by atoms with Crippen molar-refractivity contribution in [1.29, 1.82) is 0 Å². The van der Waals surface area contributed by atoms with Gasteiger partial charge < -0.3 is 15.1 Å². The van der Waals surface area contributed by atoms with E-state index in [2.05, 4.69) is 63.9 Å². The van der Waals surface area contributed by atoms with Crippen molar-refractivity contribution >= 4 is 11.4 Å². The van der Waals surface area contributed by atoms with Crippen molar-refractivity contribution in [1.82, 2.24) is 0 Å². The van der Waals surface area contributed by atoms with Gasteiger partial charge in [-0.2, -0.15) is 0 Å². The van der Waals surface area contributed by atoms with Crippen molar-refractivity contribution < 1.29 is 10.2 Å². The molecule has 0 aliphatic carbocycles. The standard InChI is InChI=1S/C29H45NO2/c1-6-10-14-22-18-26(19-23(28(22)31)15-11-7-2)30(5)27-20-24(16-12-8-3)29(32)25(21-27)17-13-9-4/h18-21,31-32H,6-17H2,1-5H3. The molecule has 2 N–H and O–H groups in total. The van der Waals surface area contributed by atoms with Gasteiger partial charge in [-0.1, -0.05) is 53.4 Å². The van der Waals surface area contributed by atoms with Gasteiger partial charge in [0.25, 0.3) is 0 Å². The summed E-state index contributed by atoms with van der Waals surface area (Å²) in [5.41, 5.74) is 6.45. The molecule has 0 spiro atoms. The van der Waals surface area contributed by atoms with Crippen molar-refractivity contribution in [2.75, 3.05) is 11.9 Å². The summed E-state index contributed by atoms with van der Waals surface area (Å²) in [4.78, 5) is 2.23. The molecule has 3 nitrogen and oxygen atoms in total. The Hall–Kier alpha value is -2.16. The van der Waals surface area contributed by atoms with E-state index in [1.807, 2.05) is 0 Å². The van der Waals surface area contributed by atoms with Gasteiger partial charge in [0.05, 0.1) is 0 Å². The highest BCUT2D eigenvalue weighted by Gasteiger charge is 2.16. The third kappa shape index (κ3) is 6.92. The maximum Gasteiger partial charge on any atom is 0.122 e. The lowest BCUT2D eigenvalue weighted by Crippen LogP contribution is -2.12. The van der Waals surface area contributed by atoms with Gasteiger partial charge in [-0.3, -0.25) is 0 Å². The van der Waals surface area contributed by atoms with E-state index in [9.17, 15) is 10.2 Å². The number of unbranched alkanes of at least 4 members (excludes halogenated alkanes) is 4. The average Bonchev–Trinajstić information content (AvgIpc) is 2.80. The van der Waals surface area contributed by atoms with Crippen LogP contribution in [0.15, 0.2) is 24.3 Å². The highest BCUT2D eigenvalue weighted by molar-refractivity contribution is 5.69. The Morgan fingerprint density at radius 2 is 0.781 bits per heavy atom. The number of phenols is 2. The molecule has 0 atom stereocenters. The summed E-state index contributed by atoms with van der Waals surface area (Å²) in [7, 11) is 2.11. The summed E-state index contributed by atoms with van der Waals surface area (Å²) < 4.78 is 0. The number of nitrogens with zero attached hydrogens (tertiary/aromatic N) is 1. The number of benzene rings is 2. The van der Waals surface area contributed by atoms with Gasteiger partial charge >= 0.3 is 0 Å². The van der Waals surface area contributed by atoms with Gasteiger partial charge in [0.15, 0.2) is 0 Å². The first-order chi connectivity index (χ1) is 15.5. The Bertz CT molecular complexity index is 716. The number of anilines is 2. The fraction of sp³-hybridized carbons (Fsp3) is 0.586. The molecule has 178 valence electrons. The van der Waals surface area contributed by atoms with Gasteiger partial charge in [0, 0.05) is 18.4 Å². The zero-order chi connectivity index (χ0) is 23.5. The average molecular weight is 440 g/mol. The molecule has 0 amide bonds. The molecule has 2 aromatic carbocycles. The zero-order valence-electron chi connectivity index (χ0n) is 21.1. The van der Waals surface area contributed by atoms with Gasteiger partial charge in [-0.05, 0) is 97.9 Å². The van der Waals surface area contributed by atoms with E-state index in [0.717, 1.165) is 111 Å². The Kier molecular flexibility index (Phi) is 10.9. The van der Waals surface area contributed by atoms with Gasteiger partial charge in [-0.15, -0.1) is 0 Å². The van der Waals surface area contributed by atoms with E-state index in [-0.39, 0.29) is 0 Å². The van der Waals surface area contributed by atoms with E-state index in [1.165, 1.54) is 0 Å². The lowest BCUT2D eigenvalue weighted by molar-refractivity contribution is 0.458. The molecule has 0 saturated heterocycles. The quantitative estimate of drug-likeness (QED) is 0.311. The van der Waals surface area contributed by atoms with E-state index in [0.29, 0.717) is 11.5 Å². The number of aromatic hydroxyl groups is 2. The van der Waals surface area contributed by atoms with Crippen LogP contribution < -0.4 is 4.90 Å². The second-order valence-corrected chi connectivity index (χ2v) is 9.20. The van der Waals surface area contributed by atoms with Crippen LogP contribution in [0.4, 0.5) is 11.4 Å². The molecule has 0 bridgehead atoms. The molecular formula is C29H45NO2. The summed E-state index contributed by atoms with van der Waals surface area (Å²) in [5.74, 6) is 0.976. The maximum absolute atomic E-state index is 10.9. The van der Waals surface area contributed by atoms with Crippen molar-refractivity contribution in [3.05, 3.63) is 46.5 Å². The molecule has 0 aliphatic heterocycles. The molecule has 2 aromatic rings. The number of aryl methyl sites for hydroxylation is 4. The van der Waals surface area contributed by atoms with Gasteiger partial charge in [-0.25, -0.2) is 0 Å². The largest absolute Gasteiger partial charge is 0.507 e. The first-order valence-electron chi connectivity index (χ1n) is 12.9. The number of rotatable bonds is 14. The van der Waals surface area contributed by atoms with Crippen LogP contribution in [-0.4, -0.2) is 17.3 Å². The minimum atomic E-state index is 0.488. The number of hydrogen-bond donors (Lipinski definition) is 2. The van der Waals surface area contributed by atoms with Crippen LogP contribution >= 0.6 is 0 Å². The zero-order valence-corrected chi connectivity index (χ0v) is 21.1. The minimum Gasteiger partial charge on any atom is -0.507 e. The van der Waals surface area contributed by atoms with Crippen LogP contribution in [0.5, 0.6) is 11.5 Å². The maximum atomic E-state index is 10.9. The highest BCUT2D eigenvalue weighted by Crippen LogP contribution is 2.37. The highest BCUT2D eigenvalue weighted by atomic mass is 16.3. The third-order valence-corrected chi connectivity index (χ3v) is 6.48. The van der Waals surface area contributed by atoms with E-state index < -0.39 is 0 Å². The SMILES string of the molecule is CCCCc1cc(N(C)c2cc(CCCC)c(O)c(CCCC)c2)cc(CCCC)c1O. The van der Waals surface area contributed by atoms with Crippen LogP contribution in [0.1, 0.15) is 101 Å². The lowest BCUT2D eigenvalue weighted by Gasteiger charge is -2.25. The van der Waals surface area contributed by atoms with E-state index in [4.69, 9.17) is 0 Å². The van der Waals surface area contributed by atoms with Crippen molar-refractivity contribution in [3.63, 3.8) is 0 Å². The fourth-order valence-electron chi connectivity index (χ4n) is 4.25. The fourth-order valence-corrected chi connectivity index (χ4v) is 4.25. The van der Waals surface area contributed by atoms with E-state index >= 15 is 0 Å². The molecule has 0 unspecified atom stereocenters. The smallest absolute Gasteiger partial charge is 0.122 e. The summed E-state index contributed by atoms with van der Waals surface area (Å²) in [5, 5.41) is 21.8. The Labute approximate surface area is 196 Å². The molecule has 0 heterocycles. The lowest BCUT2D eigenvalue weighted by atomic mass is 9.97. The minimum absolute atomic E-state index is 0.488. The van der Waals surface area contributed by atoms with Crippen LogP contribution in [0.2, 0.25) is 0 Å². The molecule has 32 heavy (non-hydrogen) atoms. The molecule has 0 radical (unpaired) electrons. The second-order valence-electron chi connectivity index (χ2n) is 9.20. The Morgan fingerprint density at radius 3 is 1.00 bits per heavy atom. The Balaban J connectivity index is 2.49. The Morgan fingerprint density at radius 1 is 0.531 bits per heavy atom.